The number of benzene rings is 1. The summed E-state index contributed by atoms with van der Waals surface area (Å²) in [6, 6.07) is 8.31. The molecule has 4 nitrogen and oxygen atoms in total. The first kappa shape index (κ1) is 13.4. The molecule has 1 aromatic rings. The van der Waals surface area contributed by atoms with Gasteiger partial charge in [0.05, 0.1) is 7.11 Å². The number of methoxy groups -OCH3 is 1. The molecule has 0 aliphatic rings. The molecule has 1 aromatic carbocycles. The number of ether oxygens (including phenoxy) is 1. The second-order valence-electron chi connectivity index (χ2n) is 4.04. The SMILES string of the molecule is CN=C(NCc1ccccc1OC)NC(C)C. The number of para-hydroxylation sites is 1. The van der Waals surface area contributed by atoms with Crippen molar-refractivity contribution in [3.05, 3.63) is 29.8 Å². The third-order valence-corrected chi connectivity index (χ3v) is 2.29. The minimum atomic E-state index is 0.360. The lowest BCUT2D eigenvalue weighted by Gasteiger charge is -2.15. The van der Waals surface area contributed by atoms with Crippen molar-refractivity contribution >= 4 is 5.96 Å². The molecule has 0 bridgehead atoms. The van der Waals surface area contributed by atoms with E-state index in [1.54, 1.807) is 14.2 Å². The summed E-state index contributed by atoms with van der Waals surface area (Å²) in [4.78, 5) is 4.15. The van der Waals surface area contributed by atoms with E-state index >= 15 is 0 Å². The molecule has 0 amide bonds. The zero-order chi connectivity index (χ0) is 12.7. The van der Waals surface area contributed by atoms with Gasteiger partial charge in [0.1, 0.15) is 5.75 Å². The summed E-state index contributed by atoms with van der Waals surface area (Å²) in [7, 11) is 3.44. The van der Waals surface area contributed by atoms with Crippen LogP contribution in [-0.4, -0.2) is 26.2 Å². The molecular weight excluding hydrogens is 214 g/mol. The zero-order valence-corrected chi connectivity index (χ0v) is 10.9. The lowest BCUT2D eigenvalue weighted by molar-refractivity contribution is 0.409. The number of hydrogen-bond donors (Lipinski definition) is 2. The van der Waals surface area contributed by atoms with Gasteiger partial charge in [-0.2, -0.15) is 0 Å². The van der Waals surface area contributed by atoms with Crippen LogP contribution in [0, 0.1) is 0 Å². The van der Waals surface area contributed by atoms with E-state index in [-0.39, 0.29) is 0 Å². The number of nitrogens with zero attached hydrogens (tertiary/aromatic N) is 1. The standard InChI is InChI=1S/C13H21N3O/c1-10(2)16-13(14-3)15-9-11-7-5-6-8-12(11)17-4/h5-8,10H,9H2,1-4H3,(H2,14,15,16). The quantitative estimate of drug-likeness (QED) is 0.617. The molecule has 0 fully saturated rings. The number of rotatable bonds is 4. The Kier molecular flexibility index (Phi) is 5.33. The molecule has 0 saturated carbocycles. The molecule has 0 unspecified atom stereocenters. The molecule has 0 atom stereocenters. The summed E-state index contributed by atoms with van der Waals surface area (Å²) in [5.74, 6) is 1.69. The fourth-order valence-corrected chi connectivity index (χ4v) is 1.50. The fraction of sp³-hybridized carbons (Fsp3) is 0.462. The van der Waals surface area contributed by atoms with Gasteiger partial charge in [-0.1, -0.05) is 18.2 Å². The Labute approximate surface area is 103 Å². The van der Waals surface area contributed by atoms with Gasteiger partial charge < -0.3 is 15.4 Å². The fourth-order valence-electron chi connectivity index (χ4n) is 1.50. The lowest BCUT2D eigenvalue weighted by Crippen LogP contribution is -2.40. The third kappa shape index (κ3) is 4.34. The van der Waals surface area contributed by atoms with Crippen molar-refractivity contribution in [1.82, 2.24) is 10.6 Å². The van der Waals surface area contributed by atoms with Crippen molar-refractivity contribution in [3.63, 3.8) is 0 Å². The van der Waals surface area contributed by atoms with Gasteiger partial charge in [0.25, 0.3) is 0 Å². The maximum absolute atomic E-state index is 5.29. The number of guanidine groups is 1. The van der Waals surface area contributed by atoms with Crippen LogP contribution in [0.3, 0.4) is 0 Å². The van der Waals surface area contributed by atoms with E-state index < -0.39 is 0 Å². The molecule has 0 aliphatic heterocycles. The topological polar surface area (TPSA) is 45.7 Å². The molecule has 0 spiro atoms. The van der Waals surface area contributed by atoms with Gasteiger partial charge >= 0.3 is 0 Å². The highest BCUT2D eigenvalue weighted by Crippen LogP contribution is 2.16. The van der Waals surface area contributed by atoms with Crippen molar-refractivity contribution in [2.24, 2.45) is 4.99 Å². The van der Waals surface area contributed by atoms with E-state index in [0.717, 1.165) is 17.3 Å². The highest BCUT2D eigenvalue weighted by molar-refractivity contribution is 5.79. The van der Waals surface area contributed by atoms with E-state index in [9.17, 15) is 0 Å². The molecular formula is C13H21N3O. The largest absolute Gasteiger partial charge is 0.496 e. The molecule has 0 aliphatic carbocycles. The van der Waals surface area contributed by atoms with Crippen LogP contribution >= 0.6 is 0 Å². The Morgan fingerprint density at radius 1 is 1.35 bits per heavy atom. The maximum Gasteiger partial charge on any atom is 0.191 e. The highest BCUT2D eigenvalue weighted by atomic mass is 16.5. The van der Waals surface area contributed by atoms with Crippen LogP contribution in [0.5, 0.6) is 5.75 Å². The Bertz CT molecular complexity index is 375. The van der Waals surface area contributed by atoms with E-state index in [4.69, 9.17) is 4.74 Å². The minimum Gasteiger partial charge on any atom is -0.496 e. The molecule has 1 rings (SSSR count). The molecule has 4 heteroatoms. The molecule has 17 heavy (non-hydrogen) atoms. The Morgan fingerprint density at radius 3 is 2.65 bits per heavy atom. The van der Waals surface area contributed by atoms with Crippen molar-refractivity contribution in [2.75, 3.05) is 14.2 Å². The van der Waals surface area contributed by atoms with Crippen molar-refractivity contribution < 1.29 is 4.74 Å². The first-order valence-corrected chi connectivity index (χ1v) is 5.76. The highest BCUT2D eigenvalue weighted by Gasteiger charge is 2.03. The second-order valence-corrected chi connectivity index (χ2v) is 4.04. The second kappa shape index (κ2) is 6.78. The summed E-state index contributed by atoms with van der Waals surface area (Å²) in [6.45, 7) is 4.85. The average Bonchev–Trinajstić information content (AvgIpc) is 2.34. The summed E-state index contributed by atoms with van der Waals surface area (Å²) < 4.78 is 5.29. The van der Waals surface area contributed by atoms with Gasteiger partial charge in [0, 0.05) is 25.2 Å². The monoisotopic (exact) mass is 235 g/mol. The van der Waals surface area contributed by atoms with Gasteiger partial charge in [0.2, 0.25) is 0 Å². The van der Waals surface area contributed by atoms with Gasteiger partial charge in [0.15, 0.2) is 5.96 Å². The predicted molar refractivity (Wildman–Crippen MR) is 71.5 cm³/mol. The Morgan fingerprint density at radius 2 is 2.06 bits per heavy atom. The van der Waals surface area contributed by atoms with E-state index in [2.05, 4.69) is 29.5 Å². The van der Waals surface area contributed by atoms with Crippen LogP contribution in [-0.2, 0) is 6.54 Å². The van der Waals surface area contributed by atoms with E-state index in [0.29, 0.717) is 12.6 Å². The summed E-state index contributed by atoms with van der Waals surface area (Å²) in [5.41, 5.74) is 1.11. The summed E-state index contributed by atoms with van der Waals surface area (Å²) in [5, 5.41) is 6.49. The molecule has 0 heterocycles. The smallest absolute Gasteiger partial charge is 0.191 e. The molecule has 94 valence electrons. The molecule has 0 saturated heterocycles. The Hall–Kier alpha value is -1.71. The van der Waals surface area contributed by atoms with Crippen LogP contribution < -0.4 is 15.4 Å². The number of aliphatic imine (C=N–C) groups is 1. The van der Waals surface area contributed by atoms with Crippen LogP contribution in [0.4, 0.5) is 0 Å². The van der Waals surface area contributed by atoms with Crippen LogP contribution in [0.2, 0.25) is 0 Å². The molecule has 0 radical (unpaired) electrons. The first-order valence-electron chi connectivity index (χ1n) is 5.76. The van der Waals surface area contributed by atoms with Crippen molar-refractivity contribution in [1.29, 1.82) is 0 Å². The van der Waals surface area contributed by atoms with E-state index in [1.165, 1.54) is 0 Å². The third-order valence-electron chi connectivity index (χ3n) is 2.29. The van der Waals surface area contributed by atoms with Gasteiger partial charge in [-0.3, -0.25) is 4.99 Å². The van der Waals surface area contributed by atoms with Gasteiger partial charge in [-0.05, 0) is 19.9 Å². The summed E-state index contributed by atoms with van der Waals surface area (Å²) >= 11 is 0. The van der Waals surface area contributed by atoms with Crippen LogP contribution in [0.15, 0.2) is 29.3 Å². The predicted octanol–water partition coefficient (Wildman–Crippen LogP) is 1.77. The zero-order valence-electron chi connectivity index (χ0n) is 10.9. The van der Waals surface area contributed by atoms with Gasteiger partial charge in [-0.15, -0.1) is 0 Å². The Balaban J connectivity index is 2.60. The van der Waals surface area contributed by atoms with Crippen LogP contribution in [0.1, 0.15) is 19.4 Å². The van der Waals surface area contributed by atoms with Crippen molar-refractivity contribution in [2.45, 2.75) is 26.4 Å². The number of hydrogen-bond acceptors (Lipinski definition) is 2. The van der Waals surface area contributed by atoms with E-state index in [1.807, 2.05) is 24.3 Å². The maximum atomic E-state index is 5.29. The summed E-state index contributed by atoms with van der Waals surface area (Å²) in [6.07, 6.45) is 0. The van der Waals surface area contributed by atoms with Crippen LogP contribution in [0.25, 0.3) is 0 Å². The minimum absolute atomic E-state index is 0.360. The van der Waals surface area contributed by atoms with Gasteiger partial charge in [-0.25, -0.2) is 0 Å². The molecule has 2 N–H and O–H groups in total. The van der Waals surface area contributed by atoms with Crippen molar-refractivity contribution in [3.8, 4) is 5.75 Å². The number of nitrogens with one attached hydrogen (secondary N) is 2. The first-order chi connectivity index (χ1) is 8.17. The molecule has 0 aromatic heterocycles. The normalized spacial score (nSPS) is 11.5. The average molecular weight is 235 g/mol. The lowest BCUT2D eigenvalue weighted by atomic mass is 10.2.